The van der Waals surface area contributed by atoms with Gasteiger partial charge in [0.2, 0.25) is 0 Å². The van der Waals surface area contributed by atoms with Crippen LogP contribution in [0.5, 0.6) is 0 Å². The lowest BCUT2D eigenvalue weighted by atomic mass is 9.97. The third kappa shape index (κ3) is 5.78. The standard InChI is InChI=1S/C20H23N.C2H6/c1-16-9-7-8-10-18(16)14-13-17(2)20(15-21-3)19-11-5-4-6-12-19;1-2/h4-13,15,21H,14H2,1-3H3;1-2H3/b17-13-,20-15+;. The molecule has 0 unspecified atom stereocenters. The van der Waals surface area contributed by atoms with E-state index >= 15 is 0 Å². The van der Waals surface area contributed by atoms with E-state index in [-0.39, 0.29) is 0 Å². The Balaban J connectivity index is 0.00000127. The molecular formula is C22H29N. The highest BCUT2D eigenvalue weighted by Gasteiger charge is 2.03. The largest absolute Gasteiger partial charge is 0.393 e. The van der Waals surface area contributed by atoms with E-state index in [2.05, 4.69) is 80.0 Å². The molecule has 0 radical (unpaired) electrons. The molecule has 1 heteroatoms. The van der Waals surface area contributed by atoms with Crippen LogP contribution in [0.25, 0.3) is 5.57 Å². The van der Waals surface area contributed by atoms with Crippen molar-refractivity contribution in [3.8, 4) is 0 Å². The molecule has 23 heavy (non-hydrogen) atoms. The quantitative estimate of drug-likeness (QED) is 0.691. The lowest BCUT2D eigenvalue weighted by Gasteiger charge is -2.10. The lowest BCUT2D eigenvalue weighted by Crippen LogP contribution is -1.98. The monoisotopic (exact) mass is 307 g/mol. The van der Waals surface area contributed by atoms with Crippen molar-refractivity contribution in [1.82, 2.24) is 5.32 Å². The van der Waals surface area contributed by atoms with Crippen molar-refractivity contribution < 1.29 is 0 Å². The number of hydrogen-bond acceptors (Lipinski definition) is 1. The van der Waals surface area contributed by atoms with Crippen molar-refractivity contribution in [2.45, 2.75) is 34.1 Å². The summed E-state index contributed by atoms with van der Waals surface area (Å²) in [6, 6.07) is 19.1. The average molecular weight is 307 g/mol. The van der Waals surface area contributed by atoms with E-state index in [1.54, 1.807) is 0 Å². The lowest BCUT2D eigenvalue weighted by molar-refractivity contribution is 1.10. The van der Waals surface area contributed by atoms with Gasteiger partial charge in [-0.1, -0.05) is 74.5 Å². The Labute approximate surface area is 141 Å². The molecule has 1 nitrogen and oxygen atoms in total. The minimum Gasteiger partial charge on any atom is -0.393 e. The van der Waals surface area contributed by atoms with Gasteiger partial charge in [-0.3, -0.25) is 0 Å². The van der Waals surface area contributed by atoms with Crippen LogP contribution in [-0.4, -0.2) is 7.05 Å². The molecule has 122 valence electrons. The molecule has 2 aromatic carbocycles. The summed E-state index contributed by atoms with van der Waals surface area (Å²) in [5.74, 6) is 0. The van der Waals surface area contributed by atoms with Crippen molar-refractivity contribution in [2.75, 3.05) is 7.05 Å². The molecule has 2 rings (SSSR count). The van der Waals surface area contributed by atoms with Crippen LogP contribution < -0.4 is 5.32 Å². The zero-order chi connectivity index (χ0) is 17.1. The third-order valence-corrected chi connectivity index (χ3v) is 3.69. The molecule has 0 spiro atoms. The van der Waals surface area contributed by atoms with E-state index in [1.165, 1.54) is 27.8 Å². The van der Waals surface area contributed by atoms with Gasteiger partial charge in [0.25, 0.3) is 0 Å². The van der Waals surface area contributed by atoms with Crippen molar-refractivity contribution in [1.29, 1.82) is 0 Å². The van der Waals surface area contributed by atoms with Crippen LogP contribution in [0.1, 0.15) is 37.5 Å². The van der Waals surface area contributed by atoms with E-state index in [9.17, 15) is 0 Å². The normalized spacial score (nSPS) is 11.5. The molecule has 0 atom stereocenters. The van der Waals surface area contributed by atoms with Gasteiger partial charge in [-0.2, -0.15) is 0 Å². The molecule has 0 amide bonds. The zero-order valence-corrected chi connectivity index (χ0v) is 15.1. The summed E-state index contributed by atoms with van der Waals surface area (Å²) in [5, 5.41) is 3.15. The second-order valence-corrected chi connectivity index (χ2v) is 5.23. The Morgan fingerprint density at radius 3 is 2.17 bits per heavy atom. The Hall–Kier alpha value is -2.28. The number of benzene rings is 2. The molecule has 1 N–H and O–H groups in total. The first-order chi connectivity index (χ1) is 11.2. The van der Waals surface area contributed by atoms with Gasteiger partial charge in [-0.05, 0) is 48.1 Å². The molecule has 0 aromatic heterocycles. The first-order valence-electron chi connectivity index (χ1n) is 8.37. The van der Waals surface area contributed by atoms with Gasteiger partial charge in [-0.15, -0.1) is 0 Å². The van der Waals surface area contributed by atoms with Crippen molar-refractivity contribution in [3.63, 3.8) is 0 Å². The molecule has 0 aliphatic heterocycles. The summed E-state index contributed by atoms with van der Waals surface area (Å²) >= 11 is 0. The number of nitrogens with one attached hydrogen (secondary N) is 1. The highest BCUT2D eigenvalue weighted by molar-refractivity contribution is 5.78. The van der Waals surface area contributed by atoms with Gasteiger partial charge in [-0.25, -0.2) is 0 Å². The van der Waals surface area contributed by atoms with Crippen LogP contribution in [0.3, 0.4) is 0 Å². The summed E-state index contributed by atoms with van der Waals surface area (Å²) in [4.78, 5) is 0. The Morgan fingerprint density at radius 2 is 1.57 bits per heavy atom. The van der Waals surface area contributed by atoms with Crippen molar-refractivity contribution in [3.05, 3.63) is 89.1 Å². The van der Waals surface area contributed by atoms with Gasteiger partial charge in [0.05, 0.1) is 0 Å². The van der Waals surface area contributed by atoms with Crippen LogP contribution in [-0.2, 0) is 6.42 Å². The van der Waals surface area contributed by atoms with Crippen LogP contribution in [0.15, 0.2) is 72.4 Å². The van der Waals surface area contributed by atoms with Gasteiger partial charge in [0.1, 0.15) is 0 Å². The number of aryl methyl sites for hydroxylation is 1. The molecule has 0 saturated heterocycles. The fraction of sp³-hybridized carbons (Fsp3) is 0.273. The van der Waals surface area contributed by atoms with E-state index in [0.717, 1.165) is 6.42 Å². The number of hydrogen-bond donors (Lipinski definition) is 1. The smallest absolute Gasteiger partial charge is 0.00438 e. The first-order valence-corrected chi connectivity index (χ1v) is 8.37. The second-order valence-electron chi connectivity index (χ2n) is 5.23. The molecule has 0 heterocycles. The second kappa shape index (κ2) is 10.4. The summed E-state index contributed by atoms with van der Waals surface area (Å²) < 4.78 is 0. The fourth-order valence-electron chi connectivity index (χ4n) is 2.40. The molecule has 0 fully saturated rings. The molecule has 0 aliphatic carbocycles. The minimum atomic E-state index is 0.965. The Morgan fingerprint density at radius 1 is 0.957 bits per heavy atom. The van der Waals surface area contributed by atoms with Crippen LogP contribution in [0.4, 0.5) is 0 Å². The molecule has 0 bridgehead atoms. The van der Waals surface area contributed by atoms with E-state index in [0.29, 0.717) is 0 Å². The highest BCUT2D eigenvalue weighted by atomic mass is 14.8. The predicted octanol–water partition coefficient (Wildman–Crippen LogP) is 5.77. The van der Waals surface area contributed by atoms with Crippen molar-refractivity contribution >= 4 is 5.57 Å². The summed E-state index contributed by atoms with van der Waals surface area (Å²) in [7, 11) is 1.94. The Bertz CT molecular complexity index is 636. The third-order valence-electron chi connectivity index (χ3n) is 3.69. The summed E-state index contributed by atoms with van der Waals surface area (Å²) in [6.07, 6.45) is 5.34. The van der Waals surface area contributed by atoms with Gasteiger partial charge >= 0.3 is 0 Å². The molecule has 0 aliphatic rings. The van der Waals surface area contributed by atoms with Gasteiger partial charge in [0, 0.05) is 13.2 Å². The van der Waals surface area contributed by atoms with Crippen molar-refractivity contribution in [2.24, 2.45) is 0 Å². The maximum Gasteiger partial charge on any atom is 0.00438 e. The van der Waals surface area contributed by atoms with Gasteiger partial charge < -0.3 is 5.32 Å². The van der Waals surface area contributed by atoms with Crippen LogP contribution >= 0.6 is 0 Å². The summed E-state index contributed by atoms with van der Waals surface area (Å²) in [5.41, 5.74) is 6.50. The van der Waals surface area contributed by atoms with Crippen LogP contribution in [0, 0.1) is 6.92 Å². The zero-order valence-electron chi connectivity index (χ0n) is 15.1. The fourth-order valence-corrected chi connectivity index (χ4v) is 2.40. The SMILES string of the molecule is CC.CN/C=C(\C(C)=C/Cc1ccccc1C)c1ccccc1. The highest BCUT2D eigenvalue weighted by Crippen LogP contribution is 2.22. The molecular weight excluding hydrogens is 278 g/mol. The average Bonchev–Trinajstić information content (AvgIpc) is 2.61. The van der Waals surface area contributed by atoms with E-state index in [4.69, 9.17) is 0 Å². The van der Waals surface area contributed by atoms with Crippen LogP contribution in [0.2, 0.25) is 0 Å². The topological polar surface area (TPSA) is 12.0 Å². The molecule has 2 aromatic rings. The number of allylic oxidation sites excluding steroid dienone is 3. The summed E-state index contributed by atoms with van der Waals surface area (Å²) in [6.45, 7) is 8.34. The molecule has 0 saturated carbocycles. The maximum atomic E-state index is 3.15. The first kappa shape index (κ1) is 18.8. The van der Waals surface area contributed by atoms with E-state index in [1.807, 2.05) is 27.0 Å². The van der Waals surface area contributed by atoms with Gasteiger partial charge in [0.15, 0.2) is 0 Å². The minimum absolute atomic E-state index is 0.965. The number of rotatable bonds is 5. The maximum absolute atomic E-state index is 3.15. The predicted molar refractivity (Wildman–Crippen MR) is 103 cm³/mol. The Kier molecular flexibility index (Phi) is 8.52. The van der Waals surface area contributed by atoms with E-state index < -0.39 is 0 Å².